The van der Waals surface area contributed by atoms with Crippen molar-refractivity contribution < 1.29 is 0 Å². The molecule has 0 unspecified atom stereocenters. The molecule has 2 rings (SSSR count). The van der Waals surface area contributed by atoms with Gasteiger partial charge in [0.15, 0.2) is 0 Å². The van der Waals surface area contributed by atoms with Crippen LogP contribution in [0.2, 0.25) is 0 Å². The van der Waals surface area contributed by atoms with Gasteiger partial charge in [-0.2, -0.15) is 0 Å². The van der Waals surface area contributed by atoms with E-state index in [0.717, 1.165) is 25.9 Å². The number of allylic oxidation sites excluding steroid dienone is 2. The van der Waals surface area contributed by atoms with Crippen LogP contribution in [0.1, 0.15) is 37.3 Å². The van der Waals surface area contributed by atoms with E-state index < -0.39 is 0 Å². The highest BCUT2D eigenvalue weighted by molar-refractivity contribution is 5.90. The minimum atomic E-state index is 0.923. The van der Waals surface area contributed by atoms with Crippen molar-refractivity contribution >= 4 is 11.8 Å². The molecule has 21 heavy (non-hydrogen) atoms. The molecule has 2 heteroatoms. The van der Waals surface area contributed by atoms with Crippen molar-refractivity contribution in [2.24, 2.45) is 4.99 Å². The first-order valence-electron chi connectivity index (χ1n) is 7.85. The van der Waals surface area contributed by atoms with Crippen molar-refractivity contribution in [1.29, 1.82) is 0 Å². The van der Waals surface area contributed by atoms with Crippen molar-refractivity contribution in [3.05, 3.63) is 53.1 Å². The summed E-state index contributed by atoms with van der Waals surface area (Å²) in [7, 11) is 4.24. The molecule has 0 spiro atoms. The van der Waals surface area contributed by atoms with Gasteiger partial charge in [-0.3, -0.25) is 4.99 Å². The molecule has 0 aliphatic heterocycles. The standard InChI is InChI=1S/C19H26N2/c1-4-5-13-20-14-16-9-6-7-11-18(16)19-12-8-10-17(19)15-21(2)3/h6-11,14H,4-5,12-13,15H2,1-3H3. The summed E-state index contributed by atoms with van der Waals surface area (Å²) in [6.07, 6.45) is 9.96. The van der Waals surface area contributed by atoms with Crippen LogP contribution in [0.4, 0.5) is 0 Å². The number of nitrogens with zero attached hydrogens (tertiary/aromatic N) is 2. The van der Waals surface area contributed by atoms with E-state index >= 15 is 0 Å². The van der Waals surface area contributed by atoms with E-state index in [2.05, 4.69) is 67.3 Å². The third-order valence-corrected chi connectivity index (χ3v) is 3.67. The molecule has 0 fully saturated rings. The summed E-state index contributed by atoms with van der Waals surface area (Å²) in [4.78, 5) is 6.80. The maximum atomic E-state index is 4.57. The minimum absolute atomic E-state index is 0.923. The van der Waals surface area contributed by atoms with Crippen molar-refractivity contribution in [3.8, 4) is 0 Å². The van der Waals surface area contributed by atoms with Crippen LogP contribution in [0.25, 0.3) is 5.57 Å². The molecular weight excluding hydrogens is 256 g/mol. The summed E-state index contributed by atoms with van der Waals surface area (Å²) in [6, 6.07) is 8.61. The van der Waals surface area contributed by atoms with Crippen LogP contribution >= 0.6 is 0 Å². The lowest BCUT2D eigenvalue weighted by atomic mass is 9.96. The van der Waals surface area contributed by atoms with Crippen LogP contribution in [0.15, 0.2) is 47.0 Å². The van der Waals surface area contributed by atoms with Crippen LogP contribution in [-0.2, 0) is 0 Å². The maximum absolute atomic E-state index is 4.57. The molecule has 0 heterocycles. The number of likely N-dealkylation sites (N-methyl/N-ethyl adjacent to an activating group) is 1. The Morgan fingerprint density at radius 2 is 2.05 bits per heavy atom. The van der Waals surface area contributed by atoms with E-state index in [-0.39, 0.29) is 0 Å². The molecule has 0 N–H and O–H groups in total. The zero-order valence-corrected chi connectivity index (χ0v) is 13.5. The molecule has 1 aromatic rings. The molecule has 0 amide bonds. The molecule has 112 valence electrons. The summed E-state index contributed by atoms with van der Waals surface area (Å²) >= 11 is 0. The predicted molar refractivity (Wildman–Crippen MR) is 93.0 cm³/mol. The Morgan fingerprint density at radius 3 is 2.81 bits per heavy atom. The van der Waals surface area contributed by atoms with Gasteiger partial charge >= 0.3 is 0 Å². The molecule has 1 aromatic carbocycles. The molecule has 0 atom stereocenters. The fraction of sp³-hybridized carbons (Fsp3) is 0.421. The fourth-order valence-corrected chi connectivity index (χ4v) is 2.62. The van der Waals surface area contributed by atoms with Gasteiger partial charge < -0.3 is 4.90 Å². The highest BCUT2D eigenvalue weighted by Gasteiger charge is 2.14. The van der Waals surface area contributed by atoms with Crippen molar-refractivity contribution in [3.63, 3.8) is 0 Å². The highest BCUT2D eigenvalue weighted by atomic mass is 15.0. The lowest BCUT2D eigenvalue weighted by molar-refractivity contribution is 0.450. The second-order valence-corrected chi connectivity index (χ2v) is 5.82. The van der Waals surface area contributed by atoms with E-state index in [9.17, 15) is 0 Å². The Hall–Kier alpha value is -1.67. The molecule has 1 aliphatic carbocycles. The summed E-state index contributed by atoms with van der Waals surface area (Å²) in [5, 5.41) is 0. The van der Waals surface area contributed by atoms with E-state index in [4.69, 9.17) is 0 Å². The third-order valence-electron chi connectivity index (χ3n) is 3.67. The van der Waals surface area contributed by atoms with Crippen molar-refractivity contribution in [2.75, 3.05) is 27.2 Å². The zero-order valence-electron chi connectivity index (χ0n) is 13.5. The van der Waals surface area contributed by atoms with Gasteiger partial charge in [0.25, 0.3) is 0 Å². The second kappa shape index (κ2) is 7.94. The van der Waals surface area contributed by atoms with Gasteiger partial charge in [-0.25, -0.2) is 0 Å². The highest BCUT2D eigenvalue weighted by Crippen LogP contribution is 2.30. The average molecular weight is 282 g/mol. The smallest absolute Gasteiger partial charge is 0.0389 e. The largest absolute Gasteiger partial charge is 0.305 e. The van der Waals surface area contributed by atoms with Gasteiger partial charge in [0.05, 0.1) is 0 Å². The molecule has 0 aromatic heterocycles. The van der Waals surface area contributed by atoms with Crippen LogP contribution in [0.3, 0.4) is 0 Å². The maximum Gasteiger partial charge on any atom is 0.0389 e. The van der Waals surface area contributed by atoms with E-state index in [1.165, 1.54) is 28.7 Å². The normalized spacial score (nSPS) is 14.9. The van der Waals surface area contributed by atoms with Crippen molar-refractivity contribution in [1.82, 2.24) is 4.90 Å². The fourth-order valence-electron chi connectivity index (χ4n) is 2.62. The minimum Gasteiger partial charge on any atom is -0.305 e. The Labute approximate surface area is 128 Å². The summed E-state index contributed by atoms with van der Waals surface area (Å²) < 4.78 is 0. The predicted octanol–water partition coefficient (Wildman–Crippen LogP) is 4.18. The Balaban J connectivity index is 2.25. The van der Waals surface area contributed by atoms with Gasteiger partial charge in [-0.1, -0.05) is 49.8 Å². The molecule has 0 saturated carbocycles. The molecule has 1 aliphatic rings. The Morgan fingerprint density at radius 1 is 1.24 bits per heavy atom. The average Bonchev–Trinajstić information content (AvgIpc) is 2.91. The van der Waals surface area contributed by atoms with Crippen LogP contribution in [0, 0.1) is 0 Å². The number of hydrogen-bond acceptors (Lipinski definition) is 2. The molecule has 0 radical (unpaired) electrons. The molecular formula is C19H26N2. The molecule has 2 nitrogen and oxygen atoms in total. The summed E-state index contributed by atoms with van der Waals surface area (Å²) in [6.45, 7) is 4.12. The van der Waals surface area contributed by atoms with E-state index in [1.54, 1.807) is 0 Å². The first-order chi connectivity index (χ1) is 10.2. The Kier molecular flexibility index (Phi) is 5.94. The third kappa shape index (κ3) is 4.40. The lowest BCUT2D eigenvalue weighted by Gasteiger charge is -2.14. The first kappa shape index (κ1) is 15.7. The number of rotatable bonds is 7. The van der Waals surface area contributed by atoms with Crippen molar-refractivity contribution in [2.45, 2.75) is 26.2 Å². The quantitative estimate of drug-likeness (QED) is 0.541. The van der Waals surface area contributed by atoms with Crippen LogP contribution in [0.5, 0.6) is 0 Å². The van der Waals surface area contributed by atoms with E-state index in [1.807, 2.05) is 6.21 Å². The van der Waals surface area contributed by atoms with Gasteiger partial charge in [0, 0.05) is 19.3 Å². The van der Waals surface area contributed by atoms with E-state index in [0.29, 0.717) is 0 Å². The number of aliphatic imine (C=N–C) groups is 1. The van der Waals surface area contributed by atoms with Gasteiger partial charge in [0.2, 0.25) is 0 Å². The SMILES string of the molecule is CCCCN=Cc1ccccc1C1=C(CN(C)C)C=CC1. The van der Waals surface area contributed by atoms with Crippen LogP contribution in [-0.4, -0.2) is 38.3 Å². The van der Waals surface area contributed by atoms with Gasteiger partial charge in [0.1, 0.15) is 0 Å². The number of hydrogen-bond donors (Lipinski definition) is 0. The topological polar surface area (TPSA) is 15.6 Å². The van der Waals surface area contributed by atoms with Gasteiger partial charge in [-0.15, -0.1) is 0 Å². The first-order valence-corrected chi connectivity index (χ1v) is 7.85. The number of benzene rings is 1. The molecule has 0 saturated heterocycles. The summed E-state index contributed by atoms with van der Waals surface area (Å²) in [5.41, 5.74) is 5.44. The molecule has 0 bridgehead atoms. The monoisotopic (exact) mass is 282 g/mol. The zero-order chi connectivity index (χ0) is 15.1. The Bertz CT molecular complexity index is 550. The second-order valence-electron chi connectivity index (χ2n) is 5.82. The van der Waals surface area contributed by atoms with Crippen LogP contribution < -0.4 is 0 Å². The van der Waals surface area contributed by atoms with Gasteiger partial charge in [-0.05, 0) is 49.2 Å². The lowest BCUT2D eigenvalue weighted by Crippen LogP contribution is -2.14. The summed E-state index contributed by atoms with van der Waals surface area (Å²) in [5.74, 6) is 0. The number of unbranched alkanes of at least 4 members (excludes halogenated alkanes) is 1.